The summed E-state index contributed by atoms with van der Waals surface area (Å²) in [6.07, 6.45) is 3.15. The Balaban J connectivity index is 2.52. The number of nitrogens with one attached hydrogen (secondary N) is 1. The number of rotatable bonds is 2. The molecule has 1 rings (SSSR count). The van der Waals surface area contributed by atoms with Crippen molar-refractivity contribution < 1.29 is 4.79 Å². The molecule has 0 bridgehead atoms. The van der Waals surface area contributed by atoms with Crippen molar-refractivity contribution in [3.05, 3.63) is 30.1 Å². The molecule has 0 spiro atoms. The van der Waals surface area contributed by atoms with Gasteiger partial charge in [0.2, 0.25) is 5.91 Å². The molecule has 4 nitrogen and oxygen atoms in total. The molecule has 0 atom stereocenters. The van der Waals surface area contributed by atoms with Crippen molar-refractivity contribution in [3.8, 4) is 0 Å². The van der Waals surface area contributed by atoms with Crippen LogP contribution in [0.2, 0.25) is 0 Å². The zero-order chi connectivity index (χ0) is 8.81. The van der Waals surface area contributed by atoms with Gasteiger partial charge >= 0.3 is 0 Å². The monoisotopic (exact) mass is 163 g/mol. The van der Waals surface area contributed by atoms with Gasteiger partial charge < -0.3 is 0 Å². The average Bonchev–Trinajstić information content (AvgIpc) is 2.05. The summed E-state index contributed by atoms with van der Waals surface area (Å²) in [5, 5.41) is 3.65. The topological polar surface area (TPSA) is 54.4 Å². The van der Waals surface area contributed by atoms with E-state index < -0.39 is 0 Å². The van der Waals surface area contributed by atoms with Crippen LogP contribution in [0.15, 0.2) is 29.5 Å². The van der Waals surface area contributed by atoms with Crippen LogP contribution in [0.4, 0.5) is 0 Å². The molecule has 0 saturated carbocycles. The molecule has 62 valence electrons. The predicted molar refractivity (Wildman–Crippen MR) is 45.6 cm³/mol. The Bertz CT molecular complexity index is 282. The summed E-state index contributed by atoms with van der Waals surface area (Å²) in [4.78, 5) is 14.4. The van der Waals surface area contributed by atoms with Crippen molar-refractivity contribution in [2.24, 2.45) is 5.10 Å². The highest BCUT2D eigenvalue weighted by Crippen LogP contribution is 1.86. The van der Waals surface area contributed by atoms with E-state index in [0.717, 1.165) is 0 Å². The highest BCUT2D eigenvalue weighted by Gasteiger charge is 1.86. The Morgan fingerprint density at radius 3 is 3.08 bits per heavy atom. The summed E-state index contributed by atoms with van der Waals surface area (Å²) in [5.41, 5.74) is 3.00. The maximum atomic E-state index is 10.4. The lowest BCUT2D eigenvalue weighted by Crippen LogP contribution is -2.12. The van der Waals surface area contributed by atoms with Gasteiger partial charge in [-0.3, -0.25) is 9.78 Å². The van der Waals surface area contributed by atoms with Crippen LogP contribution in [-0.2, 0) is 4.79 Å². The summed E-state index contributed by atoms with van der Waals surface area (Å²) in [6.45, 7) is 1.40. The summed E-state index contributed by atoms with van der Waals surface area (Å²) in [6, 6.07) is 5.46. The molecule has 1 N–H and O–H groups in total. The van der Waals surface area contributed by atoms with Crippen LogP contribution in [0, 0.1) is 0 Å². The fourth-order valence-electron chi connectivity index (χ4n) is 0.642. The molecular formula is C8H9N3O. The molecule has 0 aromatic carbocycles. The van der Waals surface area contributed by atoms with Crippen LogP contribution in [0.25, 0.3) is 0 Å². The van der Waals surface area contributed by atoms with Gasteiger partial charge in [0.1, 0.15) is 0 Å². The van der Waals surface area contributed by atoms with Gasteiger partial charge in [-0.25, -0.2) is 5.43 Å². The molecule has 0 unspecified atom stereocenters. The molecule has 1 amide bonds. The van der Waals surface area contributed by atoms with E-state index in [1.807, 2.05) is 12.1 Å². The van der Waals surface area contributed by atoms with E-state index >= 15 is 0 Å². The van der Waals surface area contributed by atoms with Crippen LogP contribution < -0.4 is 5.43 Å². The zero-order valence-electron chi connectivity index (χ0n) is 6.69. The molecule has 4 heteroatoms. The van der Waals surface area contributed by atoms with Gasteiger partial charge in [-0.05, 0) is 12.1 Å². The van der Waals surface area contributed by atoms with E-state index in [4.69, 9.17) is 0 Å². The van der Waals surface area contributed by atoms with Crippen molar-refractivity contribution in [1.29, 1.82) is 0 Å². The highest BCUT2D eigenvalue weighted by atomic mass is 16.2. The SMILES string of the molecule is CC(=O)N/N=C\c1ccccn1. The van der Waals surface area contributed by atoms with Crippen molar-refractivity contribution in [2.75, 3.05) is 0 Å². The molecule has 0 aliphatic carbocycles. The maximum Gasteiger partial charge on any atom is 0.236 e. The smallest absolute Gasteiger partial charge is 0.236 e. The van der Waals surface area contributed by atoms with E-state index in [0.29, 0.717) is 5.69 Å². The number of hydrogen-bond acceptors (Lipinski definition) is 3. The van der Waals surface area contributed by atoms with E-state index in [1.54, 1.807) is 12.3 Å². The van der Waals surface area contributed by atoms with Gasteiger partial charge in [0.25, 0.3) is 0 Å². The van der Waals surface area contributed by atoms with Crippen molar-refractivity contribution in [1.82, 2.24) is 10.4 Å². The number of hydrogen-bond donors (Lipinski definition) is 1. The molecule has 12 heavy (non-hydrogen) atoms. The lowest BCUT2D eigenvalue weighted by Gasteiger charge is -1.90. The van der Waals surface area contributed by atoms with Gasteiger partial charge in [-0.15, -0.1) is 0 Å². The summed E-state index contributed by atoms with van der Waals surface area (Å²) >= 11 is 0. The summed E-state index contributed by atoms with van der Waals surface area (Å²) in [7, 11) is 0. The number of amides is 1. The number of carbonyl (C=O) groups is 1. The minimum atomic E-state index is -0.192. The second-order valence-corrected chi connectivity index (χ2v) is 2.18. The molecule has 1 aromatic rings. The first-order valence-corrected chi connectivity index (χ1v) is 3.50. The van der Waals surface area contributed by atoms with Crippen molar-refractivity contribution >= 4 is 12.1 Å². The predicted octanol–water partition coefficient (Wildman–Crippen LogP) is 0.552. The molecule has 0 aliphatic heterocycles. The Labute approximate surface area is 70.3 Å². The molecular weight excluding hydrogens is 154 g/mol. The second kappa shape index (κ2) is 4.23. The zero-order valence-corrected chi connectivity index (χ0v) is 6.69. The van der Waals surface area contributed by atoms with Gasteiger partial charge in [-0.1, -0.05) is 6.07 Å². The van der Waals surface area contributed by atoms with Gasteiger partial charge in [0, 0.05) is 13.1 Å². The van der Waals surface area contributed by atoms with Crippen LogP contribution in [0.1, 0.15) is 12.6 Å². The van der Waals surface area contributed by atoms with E-state index in [-0.39, 0.29) is 5.91 Å². The normalized spacial score (nSPS) is 10.1. The van der Waals surface area contributed by atoms with E-state index in [2.05, 4.69) is 15.5 Å². The third-order valence-electron chi connectivity index (χ3n) is 1.11. The van der Waals surface area contributed by atoms with Gasteiger partial charge in [0.15, 0.2) is 0 Å². The maximum absolute atomic E-state index is 10.4. The first kappa shape index (κ1) is 8.39. The van der Waals surface area contributed by atoms with E-state index in [1.165, 1.54) is 13.1 Å². The minimum Gasteiger partial charge on any atom is -0.274 e. The number of aromatic nitrogens is 1. The van der Waals surface area contributed by atoms with Gasteiger partial charge in [-0.2, -0.15) is 5.10 Å². The first-order valence-electron chi connectivity index (χ1n) is 3.50. The van der Waals surface area contributed by atoms with Crippen LogP contribution in [0.3, 0.4) is 0 Å². The fourth-order valence-corrected chi connectivity index (χ4v) is 0.642. The number of pyridine rings is 1. The third kappa shape index (κ3) is 2.92. The molecule has 0 fully saturated rings. The van der Waals surface area contributed by atoms with Crippen LogP contribution in [-0.4, -0.2) is 17.1 Å². The second-order valence-electron chi connectivity index (χ2n) is 2.18. The lowest BCUT2D eigenvalue weighted by molar-refractivity contribution is -0.118. The summed E-state index contributed by atoms with van der Waals surface area (Å²) in [5.74, 6) is -0.192. The number of carbonyl (C=O) groups excluding carboxylic acids is 1. The molecule has 1 heterocycles. The number of nitrogens with zero attached hydrogens (tertiary/aromatic N) is 2. The third-order valence-corrected chi connectivity index (χ3v) is 1.11. The standard InChI is InChI=1S/C8H9N3O/c1-7(12)11-10-6-8-4-2-3-5-9-8/h2-6H,1H3,(H,11,12)/b10-6-. The highest BCUT2D eigenvalue weighted by molar-refractivity contribution is 5.79. The average molecular weight is 163 g/mol. The molecule has 0 saturated heterocycles. The Morgan fingerprint density at radius 2 is 2.50 bits per heavy atom. The van der Waals surface area contributed by atoms with Crippen molar-refractivity contribution in [2.45, 2.75) is 6.92 Å². The minimum absolute atomic E-state index is 0.192. The molecule has 0 aliphatic rings. The molecule has 1 aromatic heterocycles. The largest absolute Gasteiger partial charge is 0.274 e. The Hall–Kier alpha value is -1.71. The Morgan fingerprint density at radius 1 is 1.67 bits per heavy atom. The van der Waals surface area contributed by atoms with Crippen LogP contribution in [0.5, 0.6) is 0 Å². The first-order chi connectivity index (χ1) is 5.79. The number of hydrazone groups is 1. The van der Waals surface area contributed by atoms with Crippen molar-refractivity contribution in [3.63, 3.8) is 0 Å². The Kier molecular flexibility index (Phi) is 2.95. The molecule has 0 radical (unpaired) electrons. The van der Waals surface area contributed by atoms with Gasteiger partial charge in [0.05, 0.1) is 11.9 Å². The fraction of sp³-hybridized carbons (Fsp3) is 0.125. The summed E-state index contributed by atoms with van der Waals surface area (Å²) < 4.78 is 0. The van der Waals surface area contributed by atoms with Crippen LogP contribution >= 0.6 is 0 Å². The lowest BCUT2D eigenvalue weighted by atomic mass is 10.4. The quantitative estimate of drug-likeness (QED) is 0.511. The van der Waals surface area contributed by atoms with E-state index in [9.17, 15) is 4.79 Å².